The van der Waals surface area contributed by atoms with E-state index in [1.165, 1.54) is 55.4 Å². The monoisotopic (exact) mass is 394 g/mol. The number of hydrogen-bond acceptors (Lipinski definition) is 2. The topological polar surface area (TPSA) is 36.7 Å². The molecule has 0 saturated carbocycles. The van der Waals surface area contributed by atoms with Gasteiger partial charge in [-0.15, -0.1) is 0 Å². The van der Waals surface area contributed by atoms with Gasteiger partial charge in [-0.25, -0.2) is 0 Å². The molecule has 0 aliphatic rings. The van der Waals surface area contributed by atoms with E-state index in [1.807, 2.05) is 6.07 Å². The maximum absolute atomic E-state index is 9.48. The third-order valence-electron chi connectivity index (χ3n) is 4.51. The number of hydrogen-bond donors (Lipinski definition) is 0. The van der Waals surface area contributed by atoms with Crippen molar-refractivity contribution in [1.29, 1.82) is 5.26 Å². The number of rotatable bonds is 10. The van der Waals surface area contributed by atoms with Gasteiger partial charge < -0.3 is 0 Å². The van der Waals surface area contributed by atoms with Crippen LogP contribution in [-0.4, -0.2) is 23.4 Å². The van der Waals surface area contributed by atoms with E-state index in [0.29, 0.717) is 0 Å². The summed E-state index contributed by atoms with van der Waals surface area (Å²) in [6.45, 7) is 6.85. The molecule has 1 heterocycles. The molecule has 0 aliphatic carbocycles. The van der Waals surface area contributed by atoms with Crippen molar-refractivity contribution in [3.05, 3.63) is 24.0 Å². The normalized spacial score (nSPS) is 11.3. The summed E-state index contributed by atoms with van der Waals surface area (Å²) in [6, 6.07) is 6.66. The summed E-state index contributed by atoms with van der Waals surface area (Å²) >= 11 is -2.48. The quantitative estimate of drug-likeness (QED) is 0.524. The van der Waals surface area contributed by atoms with Crippen LogP contribution in [0, 0.1) is 11.3 Å². The number of nitriles is 1. The average molecular weight is 393 g/mol. The van der Waals surface area contributed by atoms with Crippen LogP contribution in [0.1, 0.15) is 65.0 Å². The van der Waals surface area contributed by atoms with E-state index in [2.05, 4.69) is 37.9 Å². The summed E-state index contributed by atoms with van der Waals surface area (Å²) in [6.07, 6.45) is 9.53. The molecule has 1 rings (SSSR count). The van der Waals surface area contributed by atoms with Gasteiger partial charge in [0.1, 0.15) is 0 Å². The predicted molar refractivity (Wildman–Crippen MR) is 93.5 cm³/mol. The standard InChI is InChI=1S/C6H3N2.3C4H9.Sn/c7-5-6-3-1-2-4-8-6;3*1-3-4-2;/h1-2,4H;3*1,3-4H2,2H3;. The van der Waals surface area contributed by atoms with Gasteiger partial charge in [0, 0.05) is 0 Å². The van der Waals surface area contributed by atoms with E-state index in [-0.39, 0.29) is 0 Å². The molecule has 116 valence electrons. The van der Waals surface area contributed by atoms with Crippen molar-refractivity contribution in [3.8, 4) is 6.07 Å². The van der Waals surface area contributed by atoms with E-state index in [0.717, 1.165) is 5.69 Å². The summed E-state index contributed by atoms with van der Waals surface area (Å²) < 4.78 is 5.59. The molecule has 0 bridgehead atoms. The fourth-order valence-corrected chi connectivity index (χ4v) is 19.6. The molecular formula is C18H30N2Sn. The molecule has 0 spiro atoms. The van der Waals surface area contributed by atoms with Crippen molar-refractivity contribution < 1.29 is 0 Å². The minimum atomic E-state index is -2.48. The van der Waals surface area contributed by atoms with Crippen molar-refractivity contribution in [2.45, 2.75) is 72.6 Å². The molecule has 0 amide bonds. The molecule has 0 N–H and O–H groups in total. The van der Waals surface area contributed by atoms with Crippen LogP contribution in [0.3, 0.4) is 0 Å². The van der Waals surface area contributed by atoms with Gasteiger partial charge in [0.25, 0.3) is 0 Å². The second kappa shape index (κ2) is 10.2. The van der Waals surface area contributed by atoms with Gasteiger partial charge in [0.2, 0.25) is 0 Å². The van der Waals surface area contributed by atoms with E-state index in [9.17, 15) is 5.26 Å². The van der Waals surface area contributed by atoms with Crippen LogP contribution in [0.15, 0.2) is 18.3 Å². The Labute approximate surface area is 134 Å². The Morgan fingerprint density at radius 2 is 1.52 bits per heavy atom. The van der Waals surface area contributed by atoms with Gasteiger partial charge in [-0.3, -0.25) is 0 Å². The van der Waals surface area contributed by atoms with Crippen LogP contribution in [-0.2, 0) is 0 Å². The van der Waals surface area contributed by atoms with Crippen LogP contribution in [0.5, 0.6) is 0 Å². The van der Waals surface area contributed by atoms with Crippen molar-refractivity contribution in [3.63, 3.8) is 0 Å². The third-order valence-corrected chi connectivity index (χ3v) is 20.1. The molecule has 21 heavy (non-hydrogen) atoms. The van der Waals surface area contributed by atoms with Crippen molar-refractivity contribution in [1.82, 2.24) is 4.98 Å². The van der Waals surface area contributed by atoms with E-state index in [1.54, 1.807) is 6.20 Å². The summed E-state index contributed by atoms with van der Waals surface area (Å²) in [5.74, 6) is 0. The first kappa shape index (κ1) is 18.5. The zero-order chi connectivity index (χ0) is 15.6. The zero-order valence-electron chi connectivity index (χ0n) is 14.0. The van der Waals surface area contributed by atoms with Crippen LogP contribution in [0.4, 0.5) is 0 Å². The van der Waals surface area contributed by atoms with E-state index < -0.39 is 18.4 Å². The summed E-state index contributed by atoms with van der Waals surface area (Å²) in [7, 11) is 0. The second-order valence-electron chi connectivity index (χ2n) is 6.10. The Morgan fingerprint density at radius 3 is 1.95 bits per heavy atom. The first-order valence-electron chi connectivity index (χ1n) is 8.59. The summed E-state index contributed by atoms with van der Waals surface area (Å²) in [4.78, 5) is 4.38. The van der Waals surface area contributed by atoms with Crippen LogP contribution < -0.4 is 3.58 Å². The first-order chi connectivity index (χ1) is 10.2. The number of pyridine rings is 1. The molecule has 0 atom stereocenters. The van der Waals surface area contributed by atoms with Crippen molar-refractivity contribution in [2.75, 3.05) is 0 Å². The average Bonchev–Trinajstić information content (AvgIpc) is 2.54. The van der Waals surface area contributed by atoms with Gasteiger partial charge in [0.05, 0.1) is 0 Å². The van der Waals surface area contributed by atoms with Crippen molar-refractivity contribution in [2.24, 2.45) is 0 Å². The van der Waals surface area contributed by atoms with Gasteiger partial charge in [-0.05, 0) is 0 Å². The third kappa shape index (κ3) is 5.29. The van der Waals surface area contributed by atoms with Gasteiger partial charge in [0.15, 0.2) is 0 Å². The van der Waals surface area contributed by atoms with Crippen LogP contribution in [0.25, 0.3) is 0 Å². The molecule has 2 nitrogen and oxygen atoms in total. The molecule has 0 fully saturated rings. The summed E-state index contributed by atoms with van der Waals surface area (Å²) in [5.41, 5.74) is 0.733. The van der Waals surface area contributed by atoms with Crippen LogP contribution in [0.2, 0.25) is 13.3 Å². The Hall–Kier alpha value is -0.561. The van der Waals surface area contributed by atoms with Crippen molar-refractivity contribution >= 4 is 22.0 Å². The molecule has 3 heteroatoms. The molecule has 0 aliphatic heterocycles. The van der Waals surface area contributed by atoms with E-state index in [4.69, 9.17) is 0 Å². The van der Waals surface area contributed by atoms with Gasteiger partial charge >= 0.3 is 135 Å². The zero-order valence-corrected chi connectivity index (χ0v) is 16.8. The number of unbranched alkanes of at least 4 members (excludes halogenated alkanes) is 3. The Balaban J connectivity index is 3.20. The fraction of sp³-hybridized carbons (Fsp3) is 0.667. The predicted octanol–water partition coefficient (Wildman–Crippen LogP) is 5.01. The fourth-order valence-electron chi connectivity index (χ4n) is 3.25. The van der Waals surface area contributed by atoms with Gasteiger partial charge in [-0.2, -0.15) is 0 Å². The maximum atomic E-state index is 9.48. The summed E-state index contributed by atoms with van der Waals surface area (Å²) in [5, 5.41) is 9.48. The Morgan fingerprint density at radius 1 is 1.00 bits per heavy atom. The first-order valence-corrected chi connectivity index (χ1v) is 16.1. The molecule has 1 aromatic rings. The van der Waals surface area contributed by atoms with Crippen LogP contribution >= 0.6 is 0 Å². The molecule has 0 radical (unpaired) electrons. The van der Waals surface area contributed by atoms with E-state index >= 15 is 0 Å². The molecule has 0 aromatic carbocycles. The molecular weight excluding hydrogens is 363 g/mol. The SMILES string of the molecule is CCC[CH2][Sn]([CH2]CCC)([CH2]CCC)[c]1cccnc1C#N. The Kier molecular flexibility index (Phi) is 8.99. The molecule has 1 aromatic heterocycles. The minimum absolute atomic E-state index is 0.733. The van der Waals surface area contributed by atoms with Gasteiger partial charge in [-0.1, -0.05) is 0 Å². The second-order valence-corrected chi connectivity index (χ2v) is 19.2. The number of nitrogens with zero attached hydrogens (tertiary/aromatic N) is 2. The molecule has 0 unspecified atom stereocenters. The number of aromatic nitrogens is 1. The molecule has 0 saturated heterocycles. The Bertz CT molecular complexity index is 429.